The molecule has 15 atom stereocenters. The van der Waals surface area contributed by atoms with Crippen molar-refractivity contribution in [3.05, 3.63) is 47.6 Å². The number of ketones is 3. The van der Waals surface area contributed by atoms with Crippen LogP contribution in [0.5, 0.6) is 0 Å². The summed E-state index contributed by atoms with van der Waals surface area (Å²) in [6.07, 6.45) is 14.9. The molecule has 3 heterocycles. The second kappa shape index (κ2) is 24.5. The Labute approximate surface area is 383 Å². The van der Waals surface area contributed by atoms with Gasteiger partial charge in [-0.1, -0.05) is 90.5 Å². The summed E-state index contributed by atoms with van der Waals surface area (Å²) < 4.78 is 23.9. The average molecular weight is 896 g/mol. The van der Waals surface area contributed by atoms with Crippen LogP contribution in [0.15, 0.2) is 47.6 Å². The Bertz CT molecular complexity index is 1730. The number of piperidine rings is 1. The highest BCUT2D eigenvalue weighted by molar-refractivity contribution is 6.39. The minimum Gasteiger partial charge on any atom is -0.460 e. The number of aliphatic hydroxyl groups excluding tert-OH is 1. The number of hydrogen-bond donors (Lipinski definition) is 2. The highest BCUT2D eigenvalue weighted by Crippen LogP contribution is 2.39. The molecule has 3 aliphatic heterocycles. The molecule has 0 radical (unpaired) electrons. The highest BCUT2D eigenvalue weighted by atomic mass is 16.6. The SMILES string of the molecule is COC1CC(CC(C)C2CC(=O)C(C)/C=C(\C)C(O)C(OC)C(=O)[C@H](C)CC(C)/C=C/C=C/C=C(\C)C(C)CC3CC[C@@H](C)C(O)(O3)C(=O)C(=O)N3CCCC[C@H]3C(=O)O2)CCC1C. The number of Topliss-reactive ketones (excluding diaryl/α,β-unsaturated/α-hetero) is 3. The van der Waals surface area contributed by atoms with Crippen molar-refractivity contribution < 1.29 is 53.1 Å². The number of aliphatic hydroxyl groups is 2. The lowest BCUT2D eigenvalue weighted by atomic mass is 9.76. The molecule has 1 aliphatic carbocycles. The first-order chi connectivity index (χ1) is 30.2. The Balaban J connectivity index is 1.69. The average Bonchev–Trinajstić information content (AvgIpc) is 3.26. The van der Waals surface area contributed by atoms with Crippen LogP contribution in [0, 0.1) is 47.3 Å². The van der Waals surface area contributed by atoms with Gasteiger partial charge in [0.25, 0.3) is 11.7 Å². The second-order valence-corrected chi connectivity index (χ2v) is 20.2. The van der Waals surface area contributed by atoms with E-state index < -0.39 is 71.7 Å². The molecule has 360 valence electrons. The molecule has 12 heteroatoms. The van der Waals surface area contributed by atoms with Crippen LogP contribution >= 0.6 is 0 Å². The van der Waals surface area contributed by atoms with Gasteiger partial charge in [-0.2, -0.15) is 0 Å². The molecule has 0 aromatic rings. The standard InChI is InChI=1S/C52H81NO11/c1-31-17-13-12-14-18-32(2)34(4)28-41-23-21-39(9)52(60,64-41)49(57)50(58)53-24-16-15-19-42(53)51(59)63-45(36(6)27-40-22-20-33(3)44(29-40)61-10)30-43(54)35(5)26-38(8)47(56)48(62-11)46(55)37(7)25-31/h12-14,17-18,26,31,33-37,39-42,44-45,47-48,56,60H,15-16,19-25,27-30H2,1-11H3/b14-12+,17-13+,32-18+,38-26+/t31?,33?,34?,35?,36?,37-,39-,40?,41?,42+,44?,45?,47?,48?,52?/m1/s1. The Morgan fingerprint density at radius 1 is 0.844 bits per heavy atom. The molecule has 64 heavy (non-hydrogen) atoms. The van der Waals surface area contributed by atoms with Crippen LogP contribution in [0.3, 0.4) is 0 Å². The van der Waals surface area contributed by atoms with Crippen LogP contribution < -0.4 is 0 Å². The van der Waals surface area contributed by atoms with E-state index in [9.17, 15) is 34.2 Å². The summed E-state index contributed by atoms with van der Waals surface area (Å²) in [7, 11) is 3.13. The van der Waals surface area contributed by atoms with Gasteiger partial charge < -0.3 is 34.1 Å². The Kier molecular flexibility index (Phi) is 20.4. The predicted octanol–water partition coefficient (Wildman–Crippen LogP) is 8.08. The fourth-order valence-corrected chi connectivity index (χ4v) is 10.3. The first kappa shape index (κ1) is 53.3. The Hall–Kier alpha value is -3.29. The van der Waals surface area contributed by atoms with Gasteiger partial charge in [0.05, 0.1) is 12.2 Å². The lowest BCUT2D eigenvalue weighted by molar-refractivity contribution is -0.264. The first-order valence-corrected chi connectivity index (χ1v) is 24.2. The number of amides is 1. The van der Waals surface area contributed by atoms with E-state index in [1.54, 1.807) is 34.0 Å². The number of allylic oxidation sites excluding steroid dienone is 7. The van der Waals surface area contributed by atoms with Crippen molar-refractivity contribution in [2.75, 3.05) is 20.8 Å². The number of ether oxygens (including phenoxy) is 4. The van der Waals surface area contributed by atoms with Crippen LogP contribution in [0.2, 0.25) is 0 Å². The third-order valence-corrected chi connectivity index (χ3v) is 15.0. The van der Waals surface area contributed by atoms with Crippen molar-refractivity contribution in [1.29, 1.82) is 0 Å². The van der Waals surface area contributed by atoms with Crippen LogP contribution in [-0.2, 0) is 42.9 Å². The van der Waals surface area contributed by atoms with Crippen LogP contribution in [0.1, 0.15) is 139 Å². The zero-order valence-corrected chi connectivity index (χ0v) is 40.8. The third-order valence-electron chi connectivity index (χ3n) is 15.0. The van der Waals surface area contributed by atoms with Crippen LogP contribution in [0.25, 0.3) is 0 Å². The van der Waals surface area contributed by atoms with Gasteiger partial charge in [0, 0.05) is 44.9 Å². The fraction of sp³-hybridized carbons (Fsp3) is 0.750. The second-order valence-electron chi connectivity index (χ2n) is 20.2. The van der Waals surface area contributed by atoms with Gasteiger partial charge in [0.2, 0.25) is 5.79 Å². The van der Waals surface area contributed by atoms with E-state index in [1.807, 2.05) is 58.1 Å². The predicted molar refractivity (Wildman–Crippen MR) is 247 cm³/mol. The number of carbonyl (C=O) groups excluding carboxylic acids is 5. The molecule has 4 aliphatic rings. The number of nitrogens with zero attached hydrogens (tertiary/aromatic N) is 1. The van der Waals surface area contributed by atoms with E-state index in [-0.39, 0.29) is 60.7 Å². The molecule has 2 N–H and O–H groups in total. The maximum atomic E-state index is 14.4. The van der Waals surface area contributed by atoms with Crippen LogP contribution in [0.4, 0.5) is 0 Å². The normalized spacial score (nSPS) is 40.9. The van der Waals surface area contributed by atoms with Gasteiger partial charge in [-0.05, 0) is 120 Å². The van der Waals surface area contributed by atoms with E-state index >= 15 is 0 Å². The largest absolute Gasteiger partial charge is 0.460 e. The molecular formula is C52H81NO11. The Morgan fingerprint density at radius 3 is 2.25 bits per heavy atom. The molecule has 2 bridgehead atoms. The van der Waals surface area contributed by atoms with Gasteiger partial charge in [-0.15, -0.1) is 0 Å². The van der Waals surface area contributed by atoms with Gasteiger partial charge in [0.1, 0.15) is 30.1 Å². The monoisotopic (exact) mass is 896 g/mol. The lowest BCUT2D eigenvalue weighted by Crippen LogP contribution is -2.60. The van der Waals surface area contributed by atoms with E-state index in [2.05, 4.69) is 13.8 Å². The molecule has 2 saturated heterocycles. The number of cyclic esters (lactones) is 1. The molecule has 12 unspecified atom stereocenters. The summed E-state index contributed by atoms with van der Waals surface area (Å²) in [4.78, 5) is 71.8. The maximum Gasteiger partial charge on any atom is 0.329 e. The van der Waals surface area contributed by atoms with Gasteiger partial charge in [-0.25, -0.2) is 4.79 Å². The van der Waals surface area contributed by atoms with E-state index in [0.717, 1.165) is 24.8 Å². The molecule has 0 aromatic heterocycles. The van der Waals surface area contributed by atoms with Crippen molar-refractivity contribution in [2.24, 2.45) is 47.3 Å². The smallest absolute Gasteiger partial charge is 0.329 e. The molecule has 1 saturated carbocycles. The van der Waals surface area contributed by atoms with E-state index in [0.29, 0.717) is 56.4 Å². The summed E-state index contributed by atoms with van der Waals surface area (Å²) in [5.74, 6) is -6.76. The molecule has 3 fully saturated rings. The summed E-state index contributed by atoms with van der Waals surface area (Å²) in [6.45, 7) is 17.3. The minimum atomic E-state index is -2.35. The summed E-state index contributed by atoms with van der Waals surface area (Å²) >= 11 is 0. The lowest BCUT2D eigenvalue weighted by Gasteiger charge is -2.42. The molecule has 12 nitrogen and oxygen atoms in total. The molecule has 4 rings (SSSR count). The Morgan fingerprint density at radius 2 is 1.56 bits per heavy atom. The van der Waals surface area contributed by atoms with Crippen molar-refractivity contribution >= 4 is 29.2 Å². The fourth-order valence-electron chi connectivity index (χ4n) is 10.3. The number of esters is 1. The molecule has 0 aromatic carbocycles. The number of hydrogen-bond acceptors (Lipinski definition) is 11. The summed E-state index contributed by atoms with van der Waals surface area (Å²) in [5, 5.41) is 23.4. The van der Waals surface area contributed by atoms with E-state index in [4.69, 9.17) is 18.9 Å². The number of methoxy groups -OCH3 is 2. The summed E-state index contributed by atoms with van der Waals surface area (Å²) in [5.41, 5.74) is 1.50. The quantitative estimate of drug-likeness (QED) is 0.156. The zero-order valence-electron chi connectivity index (χ0n) is 40.8. The van der Waals surface area contributed by atoms with E-state index in [1.165, 1.54) is 12.0 Å². The topological polar surface area (TPSA) is 166 Å². The molecule has 1 amide bonds. The van der Waals surface area contributed by atoms with Crippen molar-refractivity contribution in [2.45, 2.75) is 182 Å². The summed E-state index contributed by atoms with van der Waals surface area (Å²) in [6, 6.07) is -1.09. The van der Waals surface area contributed by atoms with Gasteiger partial charge in [-0.3, -0.25) is 19.2 Å². The zero-order chi connectivity index (χ0) is 47.5. The molecule has 0 spiro atoms. The third kappa shape index (κ3) is 13.9. The van der Waals surface area contributed by atoms with Gasteiger partial charge in [0.15, 0.2) is 5.78 Å². The maximum absolute atomic E-state index is 14.4. The minimum absolute atomic E-state index is 0.0426. The van der Waals surface area contributed by atoms with Crippen molar-refractivity contribution in [3.8, 4) is 0 Å². The first-order valence-electron chi connectivity index (χ1n) is 24.2. The number of carbonyl (C=O) groups is 5. The number of rotatable bonds is 5. The number of fused-ring (bicyclic) bond motifs is 3. The van der Waals surface area contributed by atoms with Gasteiger partial charge >= 0.3 is 5.97 Å². The van der Waals surface area contributed by atoms with Crippen molar-refractivity contribution in [1.82, 2.24) is 4.90 Å². The highest BCUT2D eigenvalue weighted by Gasteiger charge is 2.53. The van der Waals surface area contributed by atoms with Crippen LogP contribution in [-0.4, -0.2) is 107 Å². The molecular weight excluding hydrogens is 815 g/mol. The van der Waals surface area contributed by atoms with Crippen molar-refractivity contribution in [3.63, 3.8) is 0 Å².